The zero-order chi connectivity index (χ0) is 11.8. The minimum absolute atomic E-state index is 0.514. The lowest BCUT2D eigenvalue weighted by Crippen LogP contribution is -2.25. The van der Waals surface area contributed by atoms with E-state index < -0.39 is 0 Å². The first-order chi connectivity index (χ1) is 7.74. The summed E-state index contributed by atoms with van der Waals surface area (Å²) >= 11 is 1.71. The first-order valence-electron chi connectivity index (χ1n) is 5.73. The SMILES string of the molecule is Cc1ncsc1CNC(C)CCCCC#N. The zero-order valence-electron chi connectivity index (χ0n) is 9.99. The quantitative estimate of drug-likeness (QED) is 0.742. The molecule has 1 heterocycles. The van der Waals surface area contributed by atoms with Gasteiger partial charge in [0.2, 0.25) is 0 Å². The van der Waals surface area contributed by atoms with Crippen molar-refractivity contribution < 1.29 is 0 Å². The van der Waals surface area contributed by atoms with Crippen molar-refractivity contribution >= 4 is 11.3 Å². The molecule has 1 atom stereocenters. The molecule has 0 radical (unpaired) electrons. The van der Waals surface area contributed by atoms with Crippen molar-refractivity contribution in [1.29, 1.82) is 5.26 Å². The molecule has 0 aliphatic carbocycles. The van der Waals surface area contributed by atoms with Gasteiger partial charge in [-0.25, -0.2) is 4.98 Å². The number of nitrogens with one attached hydrogen (secondary N) is 1. The van der Waals surface area contributed by atoms with Crippen molar-refractivity contribution in [2.75, 3.05) is 0 Å². The van der Waals surface area contributed by atoms with Crippen LogP contribution in [-0.4, -0.2) is 11.0 Å². The third-order valence-electron chi connectivity index (χ3n) is 2.63. The second-order valence-electron chi connectivity index (χ2n) is 4.05. The van der Waals surface area contributed by atoms with Crippen molar-refractivity contribution in [2.45, 2.75) is 52.1 Å². The molecule has 0 saturated heterocycles. The fourth-order valence-corrected chi connectivity index (χ4v) is 2.25. The third-order valence-corrected chi connectivity index (χ3v) is 3.57. The van der Waals surface area contributed by atoms with E-state index in [1.54, 1.807) is 11.3 Å². The van der Waals surface area contributed by atoms with Gasteiger partial charge in [-0.2, -0.15) is 5.26 Å². The molecular formula is C12H19N3S. The smallest absolute Gasteiger partial charge is 0.0798 e. The summed E-state index contributed by atoms with van der Waals surface area (Å²) in [5, 5.41) is 11.9. The summed E-state index contributed by atoms with van der Waals surface area (Å²) < 4.78 is 0. The Labute approximate surface area is 102 Å². The minimum atomic E-state index is 0.514. The van der Waals surface area contributed by atoms with Gasteiger partial charge in [0.15, 0.2) is 0 Å². The van der Waals surface area contributed by atoms with Crippen molar-refractivity contribution in [1.82, 2.24) is 10.3 Å². The Morgan fingerprint density at radius 1 is 1.56 bits per heavy atom. The topological polar surface area (TPSA) is 48.7 Å². The summed E-state index contributed by atoms with van der Waals surface area (Å²) in [6.07, 6.45) is 3.96. The summed E-state index contributed by atoms with van der Waals surface area (Å²) in [7, 11) is 0. The minimum Gasteiger partial charge on any atom is -0.309 e. The lowest BCUT2D eigenvalue weighted by molar-refractivity contribution is 0.492. The van der Waals surface area contributed by atoms with Crippen molar-refractivity contribution in [3.05, 3.63) is 16.1 Å². The molecule has 0 saturated carbocycles. The van der Waals surface area contributed by atoms with Gasteiger partial charge in [-0.3, -0.25) is 0 Å². The maximum absolute atomic E-state index is 8.42. The predicted molar refractivity (Wildman–Crippen MR) is 67.2 cm³/mol. The maximum atomic E-state index is 8.42. The monoisotopic (exact) mass is 237 g/mol. The number of hydrogen-bond donors (Lipinski definition) is 1. The average Bonchev–Trinajstić information content (AvgIpc) is 2.67. The number of nitrogens with zero attached hydrogens (tertiary/aromatic N) is 2. The van der Waals surface area contributed by atoms with E-state index in [-0.39, 0.29) is 0 Å². The Bertz CT molecular complexity index is 340. The maximum Gasteiger partial charge on any atom is 0.0798 e. The van der Waals surface area contributed by atoms with E-state index in [0.717, 1.165) is 31.5 Å². The van der Waals surface area contributed by atoms with Gasteiger partial charge in [-0.15, -0.1) is 11.3 Å². The summed E-state index contributed by atoms with van der Waals surface area (Å²) in [5.41, 5.74) is 3.03. The number of hydrogen-bond acceptors (Lipinski definition) is 4. The summed E-state index contributed by atoms with van der Waals surface area (Å²) in [6, 6.07) is 2.69. The highest BCUT2D eigenvalue weighted by atomic mass is 32.1. The molecule has 1 rings (SSSR count). The van der Waals surface area contributed by atoms with E-state index in [0.29, 0.717) is 12.5 Å². The fourth-order valence-electron chi connectivity index (χ4n) is 1.52. The van der Waals surface area contributed by atoms with Gasteiger partial charge < -0.3 is 5.32 Å². The van der Waals surface area contributed by atoms with Gasteiger partial charge in [0.1, 0.15) is 0 Å². The second kappa shape index (κ2) is 7.37. The molecule has 0 fully saturated rings. The molecule has 1 aromatic heterocycles. The molecule has 4 heteroatoms. The summed E-state index contributed by atoms with van der Waals surface area (Å²) in [4.78, 5) is 5.55. The predicted octanol–water partition coefficient (Wildman–Crippen LogP) is 3.01. The van der Waals surface area contributed by atoms with Crippen LogP contribution < -0.4 is 5.32 Å². The highest BCUT2D eigenvalue weighted by Gasteiger charge is 2.04. The molecule has 1 N–H and O–H groups in total. The van der Waals surface area contributed by atoms with E-state index in [4.69, 9.17) is 5.26 Å². The van der Waals surface area contributed by atoms with Crippen molar-refractivity contribution in [2.24, 2.45) is 0 Å². The van der Waals surface area contributed by atoms with Crippen LogP contribution in [0.5, 0.6) is 0 Å². The molecule has 0 amide bonds. The van der Waals surface area contributed by atoms with Crippen molar-refractivity contribution in [3.63, 3.8) is 0 Å². The Morgan fingerprint density at radius 2 is 2.38 bits per heavy atom. The van der Waals surface area contributed by atoms with Crippen LogP contribution in [0.3, 0.4) is 0 Å². The average molecular weight is 237 g/mol. The van der Waals surface area contributed by atoms with Gasteiger partial charge in [0.05, 0.1) is 17.3 Å². The molecule has 0 spiro atoms. The molecule has 1 aromatic rings. The third kappa shape index (κ3) is 4.73. The number of aryl methyl sites for hydroxylation is 1. The van der Waals surface area contributed by atoms with Crippen LogP contribution in [0.4, 0.5) is 0 Å². The molecule has 3 nitrogen and oxygen atoms in total. The second-order valence-corrected chi connectivity index (χ2v) is 4.99. The lowest BCUT2D eigenvalue weighted by atomic mass is 10.1. The summed E-state index contributed by atoms with van der Waals surface area (Å²) in [6.45, 7) is 5.16. The molecule has 88 valence electrons. The number of unbranched alkanes of at least 4 members (excludes halogenated alkanes) is 2. The lowest BCUT2D eigenvalue weighted by Gasteiger charge is -2.12. The number of nitriles is 1. The molecule has 0 aliphatic rings. The highest BCUT2D eigenvalue weighted by molar-refractivity contribution is 7.09. The van der Waals surface area contributed by atoms with Gasteiger partial charge in [-0.1, -0.05) is 6.42 Å². The van der Waals surface area contributed by atoms with Crippen LogP contribution in [0.1, 0.15) is 43.2 Å². The van der Waals surface area contributed by atoms with Crippen LogP contribution in [-0.2, 0) is 6.54 Å². The van der Waals surface area contributed by atoms with E-state index in [1.807, 2.05) is 12.4 Å². The van der Waals surface area contributed by atoms with E-state index in [2.05, 4.69) is 23.3 Å². The number of aromatic nitrogens is 1. The molecule has 0 bridgehead atoms. The van der Waals surface area contributed by atoms with E-state index >= 15 is 0 Å². The van der Waals surface area contributed by atoms with Crippen LogP contribution in [0.25, 0.3) is 0 Å². The van der Waals surface area contributed by atoms with Gasteiger partial charge in [0, 0.05) is 23.9 Å². The summed E-state index contributed by atoms with van der Waals surface area (Å²) in [5.74, 6) is 0. The molecule has 0 aromatic carbocycles. The van der Waals surface area contributed by atoms with Gasteiger partial charge in [-0.05, 0) is 26.7 Å². The Balaban J connectivity index is 2.13. The van der Waals surface area contributed by atoms with Gasteiger partial charge >= 0.3 is 0 Å². The fraction of sp³-hybridized carbons (Fsp3) is 0.667. The molecule has 0 aliphatic heterocycles. The normalized spacial score (nSPS) is 12.3. The Kier molecular flexibility index (Phi) is 6.05. The van der Waals surface area contributed by atoms with Crippen LogP contribution in [0.15, 0.2) is 5.51 Å². The van der Waals surface area contributed by atoms with Crippen LogP contribution >= 0.6 is 11.3 Å². The first kappa shape index (κ1) is 13.1. The largest absolute Gasteiger partial charge is 0.309 e. The molecular weight excluding hydrogens is 218 g/mol. The number of thiazole rings is 1. The van der Waals surface area contributed by atoms with Gasteiger partial charge in [0.25, 0.3) is 0 Å². The highest BCUT2D eigenvalue weighted by Crippen LogP contribution is 2.12. The first-order valence-corrected chi connectivity index (χ1v) is 6.61. The molecule has 1 unspecified atom stereocenters. The Morgan fingerprint density at radius 3 is 3.00 bits per heavy atom. The standard InChI is InChI=1S/C12H19N3S/c1-10(6-4-3-5-7-13)14-8-12-11(2)15-9-16-12/h9-10,14H,3-6,8H2,1-2H3. The van der Waals surface area contributed by atoms with Crippen LogP contribution in [0.2, 0.25) is 0 Å². The van der Waals surface area contributed by atoms with Crippen LogP contribution in [0, 0.1) is 18.3 Å². The van der Waals surface area contributed by atoms with E-state index in [9.17, 15) is 0 Å². The molecule has 16 heavy (non-hydrogen) atoms. The Hall–Kier alpha value is -0.920. The zero-order valence-corrected chi connectivity index (χ0v) is 10.8. The van der Waals surface area contributed by atoms with E-state index in [1.165, 1.54) is 4.88 Å². The van der Waals surface area contributed by atoms with Crippen molar-refractivity contribution in [3.8, 4) is 6.07 Å². The number of rotatable bonds is 7.